The Hall–Kier alpha value is -3.00. The summed E-state index contributed by atoms with van der Waals surface area (Å²) in [4.78, 5) is 13.2. The lowest BCUT2D eigenvalue weighted by Gasteiger charge is -2.14. The van der Waals surface area contributed by atoms with E-state index in [0.717, 1.165) is 6.34 Å². The van der Waals surface area contributed by atoms with Crippen molar-refractivity contribution in [2.75, 3.05) is 18.0 Å². The van der Waals surface area contributed by atoms with Crippen LogP contribution in [-0.4, -0.2) is 36.2 Å². The van der Waals surface area contributed by atoms with Crippen molar-refractivity contribution in [2.24, 2.45) is 5.73 Å². The fraction of sp³-hybridized carbons (Fsp3) is 0.188. The predicted octanol–water partition coefficient (Wildman–Crippen LogP) is 1.51. The molecular weight excluding hydrogens is 313 g/mol. The molecule has 8 heteroatoms. The molecule has 0 radical (unpaired) electrons. The number of aromatic nitrogens is 1. The molecule has 0 bridgehead atoms. The van der Waals surface area contributed by atoms with Crippen molar-refractivity contribution >= 4 is 18.1 Å². The molecule has 0 aliphatic carbocycles. The van der Waals surface area contributed by atoms with Gasteiger partial charge in [0.05, 0.1) is 18.6 Å². The highest BCUT2D eigenvalue weighted by Gasteiger charge is 2.31. The average molecular weight is 329 g/mol. The Balaban J connectivity index is 1.95. The zero-order valence-electron chi connectivity index (χ0n) is 12.7. The van der Waals surface area contributed by atoms with E-state index in [1.807, 2.05) is 0 Å². The van der Waals surface area contributed by atoms with E-state index in [1.165, 1.54) is 27.8 Å². The smallest absolute Gasteiger partial charge is 0.414 e. The Morgan fingerprint density at radius 3 is 2.79 bits per heavy atom. The number of anilines is 1. The zero-order valence-corrected chi connectivity index (χ0v) is 12.7. The standard InChI is InChI=1S/C16H16FN5O2/c17-14-5-11(22-8-12(6-18)24-16(22)23)2-3-13(14)10-1-4-15(20)21(7-10)9-19/h1-5,7,9,12,19-20H,6,8,18H2/t12-/m0/s1. The highest BCUT2D eigenvalue weighted by Crippen LogP contribution is 2.28. The van der Waals surface area contributed by atoms with Gasteiger partial charge in [0.2, 0.25) is 0 Å². The van der Waals surface area contributed by atoms with Gasteiger partial charge in [-0.3, -0.25) is 20.3 Å². The van der Waals surface area contributed by atoms with Gasteiger partial charge in [-0.05, 0) is 30.3 Å². The minimum Gasteiger partial charge on any atom is -0.443 e. The van der Waals surface area contributed by atoms with Gasteiger partial charge in [0.25, 0.3) is 0 Å². The highest BCUT2D eigenvalue weighted by atomic mass is 19.1. The molecule has 124 valence electrons. The van der Waals surface area contributed by atoms with E-state index in [9.17, 15) is 9.18 Å². The van der Waals surface area contributed by atoms with Crippen molar-refractivity contribution in [1.29, 1.82) is 10.8 Å². The van der Waals surface area contributed by atoms with Crippen LogP contribution >= 0.6 is 0 Å². The number of ether oxygens (including phenoxy) is 1. The third-order valence-electron chi connectivity index (χ3n) is 3.83. The number of hydrogen-bond donors (Lipinski definition) is 3. The van der Waals surface area contributed by atoms with Crippen molar-refractivity contribution in [2.45, 2.75) is 6.10 Å². The van der Waals surface area contributed by atoms with Crippen LogP contribution in [0.5, 0.6) is 0 Å². The van der Waals surface area contributed by atoms with Gasteiger partial charge in [-0.1, -0.05) is 0 Å². The summed E-state index contributed by atoms with van der Waals surface area (Å²) in [6.07, 6.45) is 1.54. The summed E-state index contributed by atoms with van der Waals surface area (Å²) in [7, 11) is 0. The number of nitrogens with two attached hydrogens (primary N) is 1. The van der Waals surface area contributed by atoms with Gasteiger partial charge in [0.15, 0.2) is 0 Å². The Kier molecular flexibility index (Phi) is 4.13. The Labute approximate surface area is 137 Å². The van der Waals surface area contributed by atoms with E-state index in [1.54, 1.807) is 18.2 Å². The summed E-state index contributed by atoms with van der Waals surface area (Å²) in [5, 5.41) is 14.9. The van der Waals surface area contributed by atoms with Gasteiger partial charge < -0.3 is 10.5 Å². The van der Waals surface area contributed by atoms with E-state index < -0.39 is 18.0 Å². The second-order valence-electron chi connectivity index (χ2n) is 5.36. The van der Waals surface area contributed by atoms with Crippen LogP contribution in [-0.2, 0) is 4.74 Å². The topological polar surface area (TPSA) is 108 Å². The number of halogens is 1. The Morgan fingerprint density at radius 1 is 1.38 bits per heavy atom. The van der Waals surface area contributed by atoms with Crippen LogP contribution in [0.1, 0.15) is 0 Å². The summed E-state index contributed by atoms with van der Waals surface area (Å²) in [5.41, 5.74) is 6.86. The maximum Gasteiger partial charge on any atom is 0.414 e. The van der Waals surface area contributed by atoms with E-state index in [-0.39, 0.29) is 18.6 Å². The number of benzene rings is 1. The molecule has 0 unspecified atom stereocenters. The summed E-state index contributed by atoms with van der Waals surface area (Å²) >= 11 is 0. The molecule has 1 saturated heterocycles. The lowest BCUT2D eigenvalue weighted by Crippen LogP contribution is -2.27. The number of amides is 1. The van der Waals surface area contributed by atoms with Crippen molar-refractivity contribution < 1.29 is 13.9 Å². The number of pyridine rings is 1. The van der Waals surface area contributed by atoms with E-state index in [0.29, 0.717) is 16.8 Å². The van der Waals surface area contributed by atoms with Gasteiger partial charge in [0.1, 0.15) is 17.4 Å². The van der Waals surface area contributed by atoms with Gasteiger partial charge in [0, 0.05) is 23.9 Å². The molecule has 24 heavy (non-hydrogen) atoms. The molecule has 2 heterocycles. The second-order valence-corrected chi connectivity index (χ2v) is 5.36. The summed E-state index contributed by atoms with van der Waals surface area (Å²) < 4.78 is 20.9. The minimum absolute atomic E-state index is 0.124. The van der Waals surface area contributed by atoms with Crippen LogP contribution in [0.3, 0.4) is 0 Å². The number of nitrogens with one attached hydrogen (secondary N) is 2. The molecule has 0 spiro atoms. The number of hydrogen-bond acceptors (Lipinski definition) is 5. The first kappa shape index (κ1) is 15.9. The second kappa shape index (κ2) is 6.25. The fourth-order valence-electron chi connectivity index (χ4n) is 2.54. The molecule has 7 nitrogen and oxygen atoms in total. The molecular formula is C16H16FN5O2. The van der Waals surface area contributed by atoms with Crippen LogP contribution in [0.15, 0.2) is 36.5 Å². The molecule has 1 aromatic heterocycles. The number of rotatable bonds is 4. The molecule has 1 aliphatic heterocycles. The fourth-order valence-corrected chi connectivity index (χ4v) is 2.54. The summed E-state index contributed by atoms with van der Waals surface area (Å²) in [6.45, 7) is 0.501. The lowest BCUT2D eigenvalue weighted by atomic mass is 10.1. The molecule has 1 atom stereocenters. The molecule has 0 saturated carbocycles. The van der Waals surface area contributed by atoms with Crippen LogP contribution in [0.25, 0.3) is 11.1 Å². The minimum atomic E-state index is -0.544. The van der Waals surface area contributed by atoms with E-state index >= 15 is 0 Å². The Morgan fingerprint density at radius 2 is 2.17 bits per heavy atom. The van der Waals surface area contributed by atoms with Gasteiger partial charge >= 0.3 is 6.09 Å². The van der Waals surface area contributed by atoms with Gasteiger partial charge in [-0.2, -0.15) is 0 Å². The third kappa shape index (κ3) is 2.79. The summed E-state index contributed by atoms with van der Waals surface area (Å²) in [6, 6.07) is 7.54. The van der Waals surface area contributed by atoms with Crippen molar-refractivity contribution in [3.8, 4) is 11.1 Å². The number of carbonyl (C=O) groups is 1. The predicted molar refractivity (Wildman–Crippen MR) is 86.5 cm³/mol. The number of nitrogens with zero attached hydrogens (tertiary/aromatic N) is 2. The largest absolute Gasteiger partial charge is 0.443 e. The molecule has 1 aliphatic rings. The normalized spacial score (nSPS) is 17.0. The van der Waals surface area contributed by atoms with Crippen molar-refractivity contribution in [3.63, 3.8) is 0 Å². The Bertz CT molecular complexity index is 864. The molecule has 2 aromatic rings. The maximum atomic E-state index is 14.5. The lowest BCUT2D eigenvalue weighted by molar-refractivity contribution is 0.145. The molecule has 1 fully saturated rings. The quantitative estimate of drug-likeness (QED) is 0.584. The van der Waals surface area contributed by atoms with Crippen LogP contribution < -0.4 is 16.1 Å². The van der Waals surface area contributed by atoms with Crippen LogP contribution in [0.2, 0.25) is 0 Å². The average Bonchev–Trinajstić information content (AvgIpc) is 2.96. The SMILES string of the molecule is N=Cn1cc(-c2ccc(N3C[C@H](CN)OC3=O)cc2F)ccc1=N. The first-order valence-electron chi connectivity index (χ1n) is 7.29. The van der Waals surface area contributed by atoms with Crippen molar-refractivity contribution in [3.05, 3.63) is 47.8 Å². The molecule has 1 aromatic carbocycles. The van der Waals surface area contributed by atoms with Crippen LogP contribution in [0, 0.1) is 16.6 Å². The highest BCUT2D eigenvalue weighted by molar-refractivity contribution is 5.90. The first-order chi connectivity index (χ1) is 11.5. The van der Waals surface area contributed by atoms with E-state index in [2.05, 4.69) is 0 Å². The number of carbonyl (C=O) groups excluding carboxylic acids is 1. The summed E-state index contributed by atoms with van der Waals surface area (Å²) in [5.74, 6) is -0.509. The third-order valence-corrected chi connectivity index (χ3v) is 3.83. The first-order valence-corrected chi connectivity index (χ1v) is 7.29. The van der Waals surface area contributed by atoms with E-state index in [4.69, 9.17) is 21.3 Å². The molecule has 4 N–H and O–H groups in total. The van der Waals surface area contributed by atoms with Crippen molar-refractivity contribution in [1.82, 2.24) is 4.57 Å². The zero-order chi connectivity index (χ0) is 17.3. The van der Waals surface area contributed by atoms with Gasteiger partial charge in [-0.25, -0.2) is 9.18 Å². The number of cyclic esters (lactones) is 1. The monoisotopic (exact) mass is 329 g/mol. The van der Waals surface area contributed by atoms with Gasteiger partial charge in [-0.15, -0.1) is 0 Å². The van der Waals surface area contributed by atoms with Crippen LogP contribution in [0.4, 0.5) is 14.9 Å². The molecule has 1 amide bonds. The maximum absolute atomic E-state index is 14.5. The molecule has 3 rings (SSSR count).